The van der Waals surface area contributed by atoms with Crippen molar-refractivity contribution in [3.05, 3.63) is 22.2 Å². The molecule has 72 valence electrons. The van der Waals surface area contributed by atoms with Crippen molar-refractivity contribution < 1.29 is 13.5 Å². The van der Waals surface area contributed by atoms with Gasteiger partial charge < -0.3 is 5.11 Å². The molecular formula is C6H3Cl3O3S. The molecule has 0 atom stereocenters. The van der Waals surface area contributed by atoms with E-state index >= 15 is 0 Å². The summed E-state index contributed by atoms with van der Waals surface area (Å²) in [5.41, 5.74) is 0. The molecular weight excluding hydrogens is 258 g/mol. The minimum Gasteiger partial charge on any atom is -0.505 e. The second kappa shape index (κ2) is 3.53. The van der Waals surface area contributed by atoms with Crippen molar-refractivity contribution in [1.82, 2.24) is 0 Å². The van der Waals surface area contributed by atoms with Crippen LogP contribution in [0.2, 0.25) is 10.0 Å². The van der Waals surface area contributed by atoms with Crippen LogP contribution in [0.15, 0.2) is 17.0 Å². The summed E-state index contributed by atoms with van der Waals surface area (Å²) in [7, 11) is 1.07. The van der Waals surface area contributed by atoms with Crippen molar-refractivity contribution >= 4 is 42.9 Å². The summed E-state index contributed by atoms with van der Waals surface area (Å²) in [4.78, 5) is -0.363. The molecule has 1 aromatic carbocycles. The molecule has 0 aliphatic heterocycles. The highest BCUT2D eigenvalue weighted by Gasteiger charge is 2.18. The van der Waals surface area contributed by atoms with Crippen molar-refractivity contribution in [1.29, 1.82) is 0 Å². The van der Waals surface area contributed by atoms with Crippen LogP contribution in [-0.4, -0.2) is 13.5 Å². The summed E-state index contributed by atoms with van der Waals surface area (Å²) >= 11 is 10.9. The molecule has 0 spiro atoms. The van der Waals surface area contributed by atoms with E-state index in [-0.39, 0.29) is 14.9 Å². The fourth-order valence-corrected chi connectivity index (χ4v) is 2.43. The van der Waals surface area contributed by atoms with Crippen molar-refractivity contribution in [3.63, 3.8) is 0 Å². The highest BCUT2D eigenvalue weighted by atomic mass is 35.7. The minimum atomic E-state index is -3.95. The molecule has 0 radical (unpaired) electrons. The minimum absolute atomic E-state index is 0.0333. The normalized spacial score (nSPS) is 11.6. The third kappa shape index (κ3) is 2.20. The van der Waals surface area contributed by atoms with Crippen molar-refractivity contribution in [2.24, 2.45) is 0 Å². The van der Waals surface area contributed by atoms with E-state index in [9.17, 15) is 8.42 Å². The van der Waals surface area contributed by atoms with Crippen LogP contribution in [0.25, 0.3) is 0 Å². The molecule has 0 unspecified atom stereocenters. The van der Waals surface area contributed by atoms with Crippen LogP contribution in [0.3, 0.4) is 0 Å². The van der Waals surface area contributed by atoms with Crippen molar-refractivity contribution in [3.8, 4) is 5.75 Å². The first-order chi connectivity index (χ1) is 5.84. The van der Waals surface area contributed by atoms with Crippen LogP contribution in [0.5, 0.6) is 5.75 Å². The van der Waals surface area contributed by atoms with Gasteiger partial charge in [0.2, 0.25) is 0 Å². The maximum absolute atomic E-state index is 10.8. The van der Waals surface area contributed by atoms with Gasteiger partial charge in [0.1, 0.15) is 9.92 Å². The largest absolute Gasteiger partial charge is 0.505 e. The fraction of sp³-hybridized carbons (Fsp3) is 0. The zero-order valence-corrected chi connectivity index (χ0v) is 9.04. The van der Waals surface area contributed by atoms with Crippen molar-refractivity contribution in [2.45, 2.75) is 4.90 Å². The average Bonchev–Trinajstić information content (AvgIpc) is 1.98. The standard InChI is InChI=1S/C6H3Cl3O3S/c7-3-1-2-4(13(9,11)12)5(8)6(3)10/h1-2,10H. The summed E-state index contributed by atoms with van der Waals surface area (Å²) in [5, 5.41) is 8.76. The highest BCUT2D eigenvalue weighted by Crippen LogP contribution is 2.37. The lowest BCUT2D eigenvalue weighted by molar-refractivity contribution is 0.474. The Morgan fingerprint density at radius 3 is 2.23 bits per heavy atom. The van der Waals surface area contributed by atoms with Gasteiger partial charge in [0.15, 0.2) is 5.75 Å². The summed E-state index contributed by atoms with van der Waals surface area (Å²) < 4.78 is 21.7. The van der Waals surface area contributed by atoms with Gasteiger partial charge in [-0.05, 0) is 12.1 Å². The lowest BCUT2D eigenvalue weighted by atomic mass is 10.3. The first-order valence-electron chi connectivity index (χ1n) is 2.95. The molecule has 1 aromatic rings. The Labute approximate surface area is 89.3 Å². The smallest absolute Gasteiger partial charge is 0.262 e. The number of rotatable bonds is 1. The first kappa shape index (κ1) is 10.9. The third-order valence-electron chi connectivity index (χ3n) is 1.29. The summed E-state index contributed by atoms with van der Waals surface area (Å²) in [5.74, 6) is -0.495. The Bertz CT molecular complexity index is 441. The van der Waals surface area contributed by atoms with Crippen LogP contribution in [0.1, 0.15) is 0 Å². The number of hydrogen-bond donors (Lipinski definition) is 1. The van der Waals surface area contributed by atoms with Gasteiger partial charge >= 0.3 is 0 Å². The number of hydrogen-bond acceptors (Lipinski definition) is 3. The van der Waals surface area contributed by atoms with Gasteiger partial charge in [0.05, 0.1) is 5.02 Å². The van der Waals surface area contributed by atoms with E-state index in [1.54, 1.807) is 0 Å². The van der Waals surface area contributed by atoms with Gasteiger partial charge in [-0.25, -0.2) is 8.42 Å². The molecule has 0 aliphatic carbocycles. The van der Waals surface area contributed by atoms with Crippen LogP contribution >= 0.6 is 33.9 Å². The molecule has 0 aromatic heterocycles. The maximum atomic E-state index is 10.8. The van der Waals surface area contributed by atoms with Gasteiger partial charge in [0, 0.05) is 10.7 Å². The zero-order chi connectivity index (χ0) is 10.2. The molecule has 0 amide bonds. The van der Waals surface area contributed by atoms with Gasteiger partial charge in [0.25, 0.3) is 9.05 Å². The summed E-state index contributed by atoms with van der Waals surface area (Å²) in [6.45, 7) is 0. The van der Waals surface area contributed by atoms with E-state index in [1.807, 2.05) is 0 Å². The molecule has 0 heterocycles. The summed E-state index contributed by atoms with van der Waals surface area (Å²) in [6, 6.07) is 2.31. The Morgan fingerprint density at radius 1 is 1.23 bits per heavy atom. The van der Waals surface area contributed by atoms with Gasteiger partial charge in [-0.15, -0.1) is 0 Å². The quantitative estimate of drug-likeness (QED) is 0.791. The van der Waals surface area contributed by atoms with Crippen LogP contribution in [0, 0.1) is 0 Å². The van der Waals surface area contributed by atoms with Gasteiger partial charge in [-0.2, -0.15) is 0 Å². The predicted octanol–water partition coefficient (Wildman–Crippen LogP) is 2.63. The Balaban J connectivity index is 3.53. The fourth-order valence-electron chi connectivity index (χ4n) is 0.711. The molecule has 13 heavy (non-hydrogen) atoms. The predicted molar refractivity (Wildman–Crippen MR) is 51.2 cm³/mol. The molecule has 3 nitrogen and oxygen atoms in total. The molecule has 0 fully saturated rings. The van der Waals surface area contributed by atoms with Gasteiger partial charge in [-0.1, -0.05) is 23.2 Å². The van der Waals surface area contributed by atoms with Gasteiger partial charge in [-0.3, -0.25) is 0 Å². The van der Waals surface area contributed by atoms with E-state index in [2.05, 4.69) is 0 Å². The zero-order valence-electron chi connectivity index (χ0n) is 5.96. The SMILES string of the molecule is O=S(=O)(Cl)c1ccc(Cl)c(O)c1Cl. The summed E-state index contributed by atoms with van der Waals surface area (Å²) in [6.07, 6.45) is 0. The third-order valence-corrected chi connectivity index (χ3v) is 3.46. The lowest BCUT2D eigenvalue weighted by Gasteiger charge is -2.03. The van der Waals surface area contributed by atoms with E-state index in [4.69, 9.17) is 39.0 Å². The number of aromatic hydroxyl groups is 1. The molecule has 1 rings (SSSR count). The van der Waals surface area contributed by atoms with Crippen molar-refractivity contribution in [2.75, 3.05) is 0 Å². The van der Waals surface area contributed by atoms with Crippen LogP contribution < -0.4 is 0 Å². The van der Waals surface area contributed by atoms with E-state index < -0.39 is 14.8 Å². The van der Waals surface area contributed by atoms with E-state index in [1.165, 1.54) is 6.07 Å². The molecule has 0 aliphatic rings. The van der Waals surface area contributed by atoms with Crippen LogP contribution in [-0.2, 0) is 9.05 Å². The molecule has 0 saturated heterocycles. The second-order valence-corrected chi connectivity index (χ2v) is 5.47. The molecule has 0 saturated carbocycles. The number of phenolic OH excluding ortho intramolecular Hbond substituents is 1. The number of halogens is 3. The Hall–Kier alpha value is -0.160. The molecule has 1 N–H and O–H groups in total. The Kier molecular flexibility index (Phi) is 2.97. The maximum Gasteiger partial charge on any atom is 0.262 e. The first-order valence-corrected chi connectivity index (χ1v) is 6.02. The molecule has 7 heteroatoms. The second-order valence-electron chi connectivity index (χ2n) is 2.15. The molecule has 0 bridgehead atoms. The van der Waals surface area contributed by atoms with Crippen LogP contribution in [0.4, 0.5) is 0 Å². The number of phenols is 1. The highest BCUT2D eigenvalue weighted by molar-refractivity contribution is 8.13. The van der Waals surface area contributed by atoms with E-state index in [0.29, 0.717) is 0 Å². The Morgan fingerprint density at radius 2 is 1.77 bits per heavy atom. The monoisotopic (exact) mass is 260 g/mol. The average molecular weight is 262 g/mol. The van der Waals surface area contributed by atoms with E-state index in [0.717, 1.165) is 6.07 Å². The number of benzene rings is 1. The lowest BCUT2D eigenvalue weighted by Crippen LogP contribution is -1.91. The topological polar surface area (TPSA) is 54.4 Å².